The summed E-state index contributed by atoms with van der Waals surface area (Å²) in [4.78, 5) is 25.4. The molecule has 18 nitrogen and oxygen atoms in total. The Morgan fingerprint density at radius 3 is 2.29 bits per heavy atom. The number of allylic oxidation sites excluding steroid dienone is 2. The average Bonchev–Trinajstić information content (AvgIpc) is 3.87. The maximum atomic E-state index is 14.3. The van der Waals surface area contributed by atoms with Crippen LogP contribution in [0.1, 0.15) is 130 Å². The van der Waals surface area contributed by atoms with Crippen molar-refractivity contribution in [1.82, 2.24) is 0 Å². The van der Waals surface area contributed by atoms with Crippen molar-refractivity contribution in [3.63, 3.8) is 0 Å². The van der Waals surface area contributed by atoms with Crippen LogP contribution in [0.5, 0.6) is 11.5 Å². The normalized spacial score (nSPS) is 40.5. The van der Waals surface area contributed by atoms with Crippen LogP contribution in [0.2, 0.25) is 0 Å². The summed E-state index contributed by atoms with van der Waals surface area (Å²) in [6.45, 7) is 20.1. The molecule has 8 aliphatic rings. The largest absolute Gasteiger partial charge is 0.495 e. The van der Waals surface area contributed by atoms with E-state index in [1.807, 2.05) is 45.9 Å². The molecule has 0 saturated carbocycles. The standard InChI is InChI=1S/C48H72O14.C13H16O4/c1-11-25(2)43-28(5)17-18-47(62-43)23-34-20-33(61-47)16-15-27(4)42(26(3)13-12-14-32-24-55-45-40(49)29(6)19-35(46(51)58-34)48(32,45)52)59-39-22-37(54-10)44(31(8)57-39)60-38-21-36(53-9)41(50)30(7)56-38;1-13(2)7-6-8-10(17-13)5-4-9(12(14)15)11(8)16-3/h12-15,17-19,25-26,28,30-31,33-45,49-50,52H,11,16,20-24H2,1-10H3;4-5H,6-7H2,1-3H3,(H,14,15). The van der Waals surface area contributed by atoms with Gasteiger partial charge in [-0.15, -0.1) is 0 Å². The highest BCUT2D eigenvalue weighted by molar-refractivity contribution is 5.92. The van der Waals surface area contributed by atoms with Gasteiger partial charge in [0, 0.05) is 57.3 Å². The molecule has 0 aromatic heterocycles. The average molecular weight is 1110 g/mol. The molecule has 1 aromatic rings. The molecule has 1 aromatic carbocycles. The number of methoxy groups -OCH3 is 3. The van der Waals surface area contributed by atoms with Crippen LogP contribution < -0.4 is 9.47 Å². The predicted octanol–water partition coefficient (Wildman–Crippen LogP) is 7.87. The molecule has 7 aliphatic heterocycles. The van der Waals surface area contributed by atoms with E-state index < -0.39 is 96.8 Å². The maximum absolute atomic E-state index is 14.3. The van der Waals surface area contributed by atoms with Gasteiger partial charge in [-0.25, -0.2) is 4.79 Å². The Balaban J connectivity index is 0.000000410. The number of carboxylic acid groups (broad SMARTS) is 1. The third kappa shape index (κ3) is 13.1. The van der Waals surface area contributed by atoms with Crippen LogP contribution >= 0.6 is 0 Å². The molecule has 79 heavy (non-hydrogen) atoms. The lowest BCUT2D eigenvalue weighted by Gasteiger charge is -2.48. The third-order valence-corrected chi connectivity index (χ3v) is 17.5. The van der Waals surface area contributed by atoms with E-state index >= 15 is 0 Å². The van der Waals surface area contributed by atoms with Crippen molar-refractivity contribution in [2.75, 3.05) is 27.9 Å². The molecule has 7 heterocycles. The molecule has 2 bridgehead atoms. The summed E-state index contributed by atoms with van der Waals surface area (Å²) in [6, 6.07) is 3.24. The third-order valence-electron chi connectivity index (χ3n) is 17.5. The number of carbonyl (C=O) groups is 2. The zero-order valence-electron chi connectivity index (χ0n) is 48.5. The van der Waals surface area contributed by atoms with E-state index in [0.717, 1.165) is 36.1 Å². The van der Waals surface area contributed by atoms with Gasteiger partial charge in [0.15, 0.2) is 18.4 Å². The van der Waals surface area contributed by atoms with Crippen LogP contribution in [-0.4, -0.2) is 163 Å². The topological polar surface area (TPSA) is 226 Å². The number of ether oxygens (including phenoxy) is 12. The van der Waals surface area contributed by atoms with Crippen LogP contribution in [0.15, 0.2) is 71.4 Å². The molecule has 18 heteroatoms. The van der Waals surface area contributed by atoms with E-state index in [4.69, 9.17) is 61.9 Å². The zero-order valence-corrected chi connectivity index (χ0v) is 48.5. The molecule has 0 amide bonds. The molecule has 1 spiro atoms. The van der Waals surface area contributed by atoms with Gasteiger partial charge in [-0.1, -0.05) is 70.6 Å². The van der Waals surface area contributed by atoms with Crippen LogP contribution in [0.3, 0.4) is 0 Å². The maximum Gasteiger partial charge on any atom is 0.339 e. The molecule has 1 aliphatic carbocycles. The predicted molar refractivity (Wildman–Crippen MR) is 290 cm³/mol. The number of aliphatic hydroxyl groups is 3. The van der Waals surface area contributed by atoms with E-state index in [9.17, 15) is 24.9 Å². The van der Waals surface area contributed by atoms with Crippen molar-refractivity contribution in [3.8, 4) is 11.5 Å². The fourth-order valence-electron chi connectivity index (χ4n) is 12.7. The van der Waals surface area contributed by atoms with E-state index in [2.05, 4.69) is 39.8 Å². The Bertz CT molecular complexity index is 2470. The van der Waals surface area contributed by atoms with Gasteiger partial charge in [0.1, 0.15) is 64.7 Å². The second kappa shape index (κ2) is 25.2. The molecular formula is C61H88O18. The van der Waals surface area contributed by atoms with Gasteiger partial charge in [-0.2, -0.15) is 0 Å². The summed E-state index contributed by atoms with van der Waals surface area (Å²) in [6.07, 6.45) is 10.2. The summed E-state index contributed by atoms with van der Waals surface area (Å²) in [5, 5.41) is 43.3. The van der Waals surface area contributed by atoms with Gasteiger partial charge in [0.05, 0.1) is 56.4 Å². The SMILES string of the molecule is CCC(C)C1OC2(C=CC1C)CC1CC(CC=C(C)C(OC3CC(OC)C(OC4CC(OC)C(O)C(C)O4)C(C)O3)C(C)C=CC=C3COC4C(O)C(C)=CC(C(=O)O1)C34O)O2.COc1c(C(=O)O)ccc2c1CCC(C)(C)O2. The first-order valence-corrected chi connectivity index (χ1v) is 28.4. The number of aliphatic hydroxyl groups excluding tert-OH is 2. The zero-order chi connectivity index (χ0) is 57.3. The fraction of sp³-hybridized carbons (Fsp3) is 0.705. The molecular weight excluding hydrogens is 1020 g/mol. The number of fused-ring (bicyclic) bond motifs is 3. The number of hydrogen-bond donors (Lipinski definition) is 4. The van der Waals surface area contributed by atoms with E-state index in [1.54, 1.807) is 46.3 Å². The Hall–Kier alpha value is -4.02. The van der Waals surface area contributed by atoms with Crippen LogP contribution in [0.25, 0.3) is 0 Å². The van der Waals surface area contributed by atoms with Crippen molar-refractivity contribution in [3.05, 3.63) is 82.5 Å². The molecule has 20 atom stereocenters. The number of carbonyl (C=O) groups excluding carboxylic acids is 1. The first-order valence-electron chi connectivity index (χ1n) is 28.4. The molecule has 9 rings (SSSR count). The van der Waals surface area contributed by atoms with E-state index in [0.29, 0.717) is 49.0 Å². The number of benzene rings is 1. The highest BCUT2D eigenvalue weighted by Gasteiger charge is 2.60. The summed E-state index contributed by atoms with van der Waals surface area (Å²) in [7, 11) is 4.71. The highest BCUT2D eigenvalue weighted by Crippen LogP contribution is 2.48. The van der Waals surface area contributed by atoms with Gasteiger partial charge < -0.3 is 77.3 Å². The van der Waals surface area contributed by atoms with Crippen molar-refractivity contribution < 1.29 is 86.9 Å². The van der Waals surface area contributed by atoms with Gasteiger partial charge in [-0.05, 0) is 102 Å². The Kier molecular flexibility index (Phi) is 19.5. The summed E-state index contributed by atoms with van der Waals surface area (Å²) in [5.41, 5.74) is 0.971. The number of hydrogen-bond acceptors (Lipinski definition) is 17. The molecule has 20 unspecified atom stereocenters. The molecule has 440 valence electrons. The summed E-state index contributed by atoms with van der Waals surface area (Å²) < 4.78 is 74.7. The minimum absolute atomic E-state index is 0.0317. The second-order valence-electron chi connectivity index (χ2n) is 23.7. The van der Waals surface area contributed by atoms with Crippen molar-refractivity contribution >= 4 is 11.9 Å². The molecule has 0 radical (unpaired) electrons. The monoisotopic (exact) mass is 1110 g/mol. The van der Waals surface area contributed by atoms with Crippen LogP contribution in [-0.2, 0) is 58.6 Å². The number of esters is 1. The summed E-state index contributed by atoms with van der Waals surface area (Å²) >= 11 is 0. The second-order valence-corrected chi connectivity index (χ2v) is 23.7. The first kappa shape index (κ1) is 61.1. The van der Waals surface area contributed by atoms with Crippen LogP contribution in [0.4, 0.5) is 0 Å². The minimum Gasteiger partial charge on any atom is -0.495 e. The Labute approximate surface area is 466 Å². The summed E-state index contributed by atoms with van der Waals surface area (Å²) in [5.74, 6) is -2.39. The number of rotatable bonds is 10. The smallest absolute Gasteiger partial charge is 0.339 e. The van der Waals surface area contributed by atoms with Crippen molar-refractivity contribution in [1.29, 1.82) is 0 Å². The van der Waals surface area contributed by atoms with Gasteiger partial charge >= 0.3 is 11.9 Å². The minimum atomic E-state index is -1.84. The lowest BCUT2D eigenvalue weighted by Crippen LogP contribution is -2.58. The molecule has 4 saturated heterocycles. The fourth-order valence-corrected chi connectivity index (χ4v) is 12.7. The molecule has 4 N–H and O–H groups in total. The Morgan fingerprint density at radius 1 is 0.886 bits per heavy atom. The van der Waals surface area contributed by atoms with Gasteiger partial charge in [0.25, 0.3) is 0 Å². The van der Waals surface area contributed by atoms with Crippen molar-refractivity contribution in [2.45, 2.75) is 223 Å². The molecule has 4 fully saturated rings. The van der Waals surface area contributed by atoms with Gasteiger partial charge in [-0.3, -0.25) is 4.79 Å². The number of carboxylic acids is 1. The van der Waals surface area contributed by atoms with E-state index in [1.165, 1.54) is 13.2 Å². The van der Waals surface area contributed by atoms with Crippen LogP contribution in [0, 0.1) is 23.7 Å². The highest BCUT2D eigenvalue weighted by atomic mass is 16.7. The number of aromatic carboxylic acids is 1. The quantitative estimate of drug-likeness (QED) is 0.129. The Morgan fingerprint density at radius 2 is 1.59 bits per heavy atom. The first-order chi connectivity index (χ1) is 37.4. The van der Waals surface area contributed by atoms with E-state index in [-0.39, 0.29) is 53.8 Å². The van der Waals surface area contributed by atoms with Gasteiger partial charge in [0.2, 0.25) is 0 Å². The lowest BCUT2D eigenvalue weighted by atomic mass is 9.71. The lowest BCUT2D eigenvalue weighted by molar-refractivity contribution is -0.318. The van der Waals surface area contributed by atoms with Crippen molar-refractivity contribution in [2.24, 2.45) is 23.7 Å².